The highest BCUT2D eigenvalue weighted by Gasteiger charge is 2.15. The van der Waals surface area contributed by atoms with Crippen molar-refractivity contribution in [2.24, 2.45) is 7.05 Å². The number of carbonyl (C=O) groups excluding carboxylic acids is 1. The van der Waals surface area contributed by atoms with Gasteiger partial charge in [0.2, 0.25) is 5.88 Å². The summed E-state index contributed by atoms with van der Waals surface area (Å²) in [5.41, 5.74) is 6.86. The molecule has 7 nitrogen and oxygen atoms in total. The molecule has 0 saturated carbocycles. The molecule has 0 saturated heterocycles. The lowest BCUT2D eigenvalue weighted by Crippen LogP contribution is -2.17. The molecule has 2 heterocycles. The lowest BCUT2D eigenvalue weighted by atomic mass is 10.3. The highest BCUT2D eigenvalue weighted by Crippen LogP contribution is 2.14. The van der Waals surface area contributed by atoms with Crippen molar-refractivity contribution in [3.8, 4) is 5.88 Å². The molecule has 0 spiro atoms. The summed E-state index contributed by atoms with van der Waals surface area (Å²) >= 11 is 0. The van der Waals surface area contributed by atoms with Gasteiger partial charge in [-0.25, -0.2) is 4.98 Å². The molecule has 0 bridgehead atoms. The standard InChI is InChI=1S/C11H13N5O2/c1-16-10(8(12)6-14-16)11(17)15-7-3-4-9(18-2)13-5-7/h3-6H,12H2,1-2H3,(H,15,17). The van der Waals surface area contributed by atoms with Crippen LogP contribution in [0.5, 0.6) is 5.88 Å². The van der Waals surface area contributed by atoms with Gasteiger partial charge >= 0.3 is 0 Å². The number of nitrogens with zero attached hydrogens (tertiary/aromatic N) is 3. The molecule has 0 atom stereocenters. The molecule has 0 aliphatic carbocycles. The number of aryl methyl sites for hydroxylation is 1. The zero-order valence-electron chi connectivity index (χ0n) is 10.0. The van der Waals surface area contributed by atoms with Crippen LogP contribution in [0.1, 0.15) is 10.5 Å². The van der Waals surface area contributed by atoms with Crippen molar-refractivity contribution in [3.05, 3.63) is 30.2 Å². The molecule has 7 heteroatoms. The molecule has 2 rings (SSSR count). The van der Waals surface area contributed by atoms with Crippen molar-refractivity contribution < 1.29 is 9.53 Å². The number of nitrogen functional groups attached to an aromatic ring is 1. The highest BCUT2D eigenvalue weighted by molar-refractivity contribution is 6.06. The van der Waals surface area contributed by atoms with Crippen LogP contribution in [0.3, 0.4) is 0 Å². The van der Waals surface area contributed by atoms with Gasteiger partial charge in [-0.3, -0.25) is 9.48 Å². The second kappa shape index (κ2) is 4.74. The van der Waals surface area contributed by atoms with E-state index in [1.807, 2.05) is 0 Å². The van der Waals surface area contributed by atoms with E-state index in [-0.39, 0.29) is 5.91 Å². The Bertz CT molecular complexity index is 542. The second-order valence-electron chi connectivity index (χ2n) is 3.62. The van der Waals surface area contributed by atoms with Gasteiger partial charge in [0.15, 0.2) is 0 Å². The fraction of sp³-hybridized carbons (Fsp3) is 0.182. The zero-order valence-corrected chi connectivity index (χ0v) is 10.0. The monoisotopic (exact) mass is 247 g/mol. The van der Waals surface area contributed by atoms with Gasteiger partial charge in [-0.15, -0.1) is 0 Å². The van der Waals surface area contributed by atoms with E-state index in [4.69, 9.17) is 10.5 Å². The Morgan fingerprint density at radius 1 is 1.44 bits per heavy atom. The minimum absolute atomic E-state index is 0.311. The van der Waals surface area contributed by atoms with Crippen LogP contribution in [0.2, 0.25) is 0 Å². The van der Waals surface area contributed by atoms with E-state index in [0.29, 0.717) is 22.9 Å². The molecule has 18 heavy (non-hydrogen) atoms. The Morgan fingerprint density at radius 2 is 2.22 bits per heavy atom. The summed E-state index contributed by atoms with van der Waals surface area (Å²) in [6.07, 6.45) is 2.93. The summed E-state index contributed by atoms with van der Waals surface area (Å²) in [6.45, 7) is 0. The van der Waals surface area contributed by atoms with Gasteiger partial charge in [-0.1, -0.05) is 0 Å². The average molecular weight is 247 g/mol. The molecular weight excluding hydrogens is 234 g/mol. The lowest BCUT2D eigenvalue weighted by molar-refractivity contribution is 0.101. The van der Waals surface area contributed by atoms with Gasteiger partial charge in [-0.2, -0.15) is 5.10 Å². The van der Waals surface area contributed by atoms with E-state index in [1.54, 1.807) is 19.2 Å². The van der Waals surface area contributed by atoms with Crippen LogP contribution in [0.25, 0.3) is 0 Å². The molecule has 0 fully saturated rings. The summed E-state index contributed by atoms with van der Waals surface area (Å²) in [5, 5.41) is 6.58. The Kier molecular flexibility index (Phi) is 3.13. The summed E-state index contributed by atoms with van der Waals surface area (Å²) < 4.78 is 6.34. The van der Waals surface area contributed by atoms with Gasteiger partial charge < -0.3 is 15.8 Å². The predicted molar refractivity (Wildman–Crippen MR) is 66.4 cm³/mol. The first-order valence-corrected chi connectivity index (χ1v) is 5.20. The van der Waals surface area contributed by atoms with Crippen molar-refractivity contribution in [1.29, 1.82) is 0 Å². The van der Waals surface area contributed by atoms with Crippen molar-refractivity contribution in [1.82, 2.24) is 14.8 Å². The number of aromatic nitrogens is 3. The molecule has 2 aromatic heterocycles. The van der Waals surface area contributed by atoms with Crippen LogP contribution in [0, 0.1) is 0 Å². The third kappa shape index (κ3) is 2.24. The van der Waals surface area contributed by atoms with E-state index in [9.17, 15) is 4.79 Å². The minimum Gasteiger partial charge on any atom is -0.481 e. The first kappa shape index (κ1) is 11.9. The minimum atomic E-state index is -0.334. The number of rotatable bonds is 3. The van der Waals surface area contributed by atoms with Gasteiger partial charge in [0.05, 0.1) is 30.9 Å². The van der Waals surface area contributed by atoms with Crippen LogP contribution in [0.4, 0.5) is 11.4 Å². The van der Waals surface area contributed by atoms with E-state index in [2.05, 4.69) is 15.4 Å². The smallest absolute Gasteiger partial charge is 0.276 e. The number of hydrogen-bond donors (Lipinski definition) is 2. The highest BCUT2D eigenvalue weighted by atomic mass is 16.5. The summed E-state index contributed by atoms with van der Waals surface area (Å²) in [6, 6.07) is 3.35. The van der Waals surface area contributed by atoms with Crippen molar-refractivity contribution >= 4 is 17.3 Å². The molecule has 1 amide bonds. The molecule has 0 aromatic carbocycles. The fourth-order valence-electron chi connectivity index (χ4n) is 1.50. The quantitative estimate of drug-likeness (QED) is 0.830. The average Bonchev–Trinajstić information content (AvgIpc) is 2.70. The van der Waals surface area contributed by atoms with Crippen molar-refractivity contribution in [2.75, 3.05) is 18.2 Å². The maximum atomic E-state index is 12.0. The summed E-state index contributed by atoms with van der Waals surface area (Å²) in [7, 11) is 3.18. The van der Waals surface area contributed by atoms with Crippen LogP contribution in [-0.2, 0) is 7.05 Å². The molecular formula is C11H13N5O2. The summed E-state index contributed by atoms with van der Waals surface area (Å²) in [4.78, 5) is 15.9. The summed E-state index contributed by atoms with van der Waals surface area (Å²) in [5.74, 6) is 0.146. The number of nitrogens with two attached hydrogens (primary N) is 1. The lowest BCUT2D eigenvalue weighted by Gasteiger charge is -2.06. The van der Waals surface area contributed by atoms with Crippen LogP contribution < -0.4 is 15.8 Å². The largest absolute Gasteiger partial charge is 0.481 e. The molecule has 94 valence electrons. The first-order valence-electron chi connectivity index (χ1n) is 5.20. The van der Waals surface area contributed by atoms with E-state index < -0.39 is 0 Å². The Hall–Kier alpha value is -2.57. The third-order valence-electron chi connectivity index (χ3n) is 2.39. The SMILES string of the molecule is COc1ccc(NC(=O)c2c(N)cnn2C)cn1. The van der Waals surface area contributed by atoms with Crippen molar-refractivity contribution in [3.63, 3.8) is 0 Å². The molecule has 0 radical (unpaired) electrons. The molecule has 0 aliphatic rings. The zero-order chi connectivity index (χ0) is 13.1. The maximum Gasteiger partial charge on any atom is 0.276 e. The van der Waals surface area contributed by atoms with Gasteiger partial charge in [-0.05, 0) is 6.07 Å². The molecule has 0 unspecified atom stereocenters. The maximum absolute atomic E-state index is 12.0. The Morgan fingerprint density at radius 3 is 2.72 bits per heavy atom. The molecule has 0 aliphatic heterocycles. The predicted octanol–water partition coefficient (Wildman–Crippen LogP) is 0.658. The normalized spacial score (nSPS) is 10.1. The van der Waals surface area contributed by atoms with Gasteiger partial charge in [0, 0.05) is 13.1 Å². The first-order chi connectivity index (χ1) is 8.61. The van der Waals surface area contributed by atoms with E-state index >= 15 is 0 Å². The van der Waals surface area contributed by atoms with Gasteiger partial charge in [0.25, 0.3) is 5.91 Å². The number of methoxy groups -OCH3 is 1. The Labute approximate surface area is 104 Å². The third-order valence-corrected chi connectivity index (χ3v) is 2.39. The number of hydrogen-bond acceptors (Lipinski definition) is 5. The number of nitrogens with one attached hydrogen (secondary N) is 1. The van der Waals surface area contributed by atoms with Gasteiger partial charge in [0.1, 0.15) is 5.69 Å². The van der Waals surface area contributed by atoms with E-state index in [0.717, 1.165) is 0 Å². The second-order valence-corrected chi connectivity index (χ2v) is 3.62. The van der Waals surface area contributed by atoms with Crippen molar-refractivity contribution in [2.45, 2.75) is 0 Å². The number of pyridine rings is 1. The van der Waals surface area contributed by atoms with E-state index in [1.165, 1.54) is 24.2 Å². The number of anilines is 2. The van der Waals surface area contributed by atoms with Crippen LogP contribution in [-0.4, -0.2) is 27.8 Å². The molecule has 2 aromatic rings. The van der Waals surface area contributed by atoms with Crippen LogP contribution in [0.15, 0.2) is 24.5 Å². The van der Waals surface area contributed by atoms with Crippen LogP contribution >= 0.6 is 0 Å². The number of ether oxygens (including phenoxy) is 1. The topological polar surface area (TPSA) is 95.1 Å². The Balaban J connectivity index is 2.16. The fourth-order valence-corrected chi connectivity index (χ4v) is 1.50. The number of carbonyl (C=O) groups is 1. The number of amides is 1. The molecule has 3 N–H and O–H groups in total.